The van der Waals surface area contributed by atoms with Crippen molar-refractivity contribution in [3.8, 4) is 26.6 Å². The number of aromatic nitrogens is 2. The van der Waals surface area contributed by atoms with Gasteiger partial charge in [-0.1, -0.05) is 105 Å². The van der Waals surface area contributed by atoms with Crippen LogP contribution in [0.5, 0.6) is 5.75 Å². The molecule has 6 heterocycles. The molecule has 0 saturated carbocycles. The predicted octanol–water partition coefficient (Wildman–Crippen LogP) is 8.46. The number of aryl methyl sites for hydroxylation is 2. The minimum absolute atomic E-state index is 0.00955. The van der Waals surface area contributed by atoms with E-state index in [1.54, 1.807) is 68.9 Å². The van der Waals surface area contributed by atoms with Gasteiger partial charge >= 0.3 is 0 Å². The molecule has 0 aliphatic carbocycles. The third kappa shape index (κ3) is 10.9. The second kappa shape index (κ2) is 22.6. The molecule has 0 unspecified atom stereocenters. The highest BCUT2D eigenvalue weighted by Crippen LogP contribution is 2.39. The Balaban J connectivity index is 0.845. The second-order valence-electron chi connectivity index (χ2n) is 21.2. The molecular weight excluding hydrogens is 1070 g/mol. The first-order chi connectivity index (χ1) is 37.3. The van der Waals surface area contributed by atoms with E-state index in [1.165, 1.54) is 14.7 Å². The quantitative estimate of drug-likeness (QED) is 0.0847. The molecule has 4 aliphatic heterocycles. The molecular formula is C58H60Cl2N8O8S2. The maximum atomic E-state index is 15.0. The number of amides is 6. The molecule has 2 saturated heterocycles. The average molecular weight is 1130 g/mol. The fraction of sp³-hybridized carbons (Fsp3) is 0.379. The first-order valence-corrected chi connectivity index (χ1v) is 28.6. The number of aliphatic hydroxyl groups is 1. The Hall–Kier alpha value is -6.70. The van der Waals surface area contributed by atoms with Gasteiger partial charge in [-0.05, 0) is 77.8 Å². The summed E-state index contributed by atoms with van der Waals surface area (Å²) in [6.07, 6.45) is -1.56. The standard InChI is InChI=1S/C58H60Cl2N8O8S2/c1-30(2)49(67-24-38-15-16-39(59)17-43(38)55(67)72)58(75)66-26-42(21-48(66)54(71)62-23-35-9-13-37(14-10-35)52-33(6)64-29-78-52)76-41-19-44-45(46(60)20-41)27-68(56(44)73)50(31(3)4)57(74)65-25-40(69)18-47(65)53(70)61-22-34-7-11-36(12-8-34)51-32(5)63-28-77-51/h7-17,19-20,28-31,40,42,47-50,69H,18,21-27H2,1-6H3,(H,61,70)(H,62,71)/t40-,42-,47+,48+,49+,50+/m1/s1. The molecule has 2 aromatic heterocycles. The summed E-state index contributed by atoms with van der Waals surface area (Å²) in [5, 5.41) is 17.5. The Bertz CT molecular complexity index is 3310. The fourth-order valence-corrected chi connectivity index (χ4v) is 13.3. The third-order valence-electron chi connectivity index (χ3n) is 15.2. The molecule has 0 spiro atoms. The lowest BCUT2D eigenvalue weighted by Crippen LogP contribution is -2.55. The van der Waals surface area contributed by atoms with Gasteiger partial charge in [0.25, 0.3) is 11.8 Å². The number of benzene rings is 4. The van der Waals surface area contributed by atoms with E-state index >= 15 is 4.79 Å². The molecule has 2 fully saturated rings. The van der Waals surface area contributed by atoms with Gasteiger partial charge in [0.15, 0.2) is 0 Å². The number of aliphatic hydroxyl groups excluding tert-OH is 1. The number of hydrogen-bond acceptors (Lipinski definition) is 12. The number of ether oxygens (including phenoxy) is 1. The lowest BCUT2D eigenvalue weighted by Gasteiger charge is -2.35. The Kier molecular flexibility index (Phi) is 15.8. The number of fused-ring (bicyclic) bond motifs is 2. The van der Waals surface area contributed by atoms with Crippen LogP contribution in [-0.4, -0.2) is 120 Å². The molecule has 0 bridgehead atoms. The highest BCUT2D eigenvalue weighted by Gasteiger charge is 2.49. The van der Waals surface area contributed by atoms with Gasteiger partial charge in [0.1, 0.15) is 36.0 Å². The minimum Gasteiger partial charge on any atom is -0.488 e. The molecule has 406 valence electrons. The molecule has 4 aliphatic rings. The van der Waals surface area contributed by atoms with Crippen molar-refractivity contribution in [3.05, 3.63) is 145 Å². The van der Waals surface area contributed by atoms with E-state index < -0.39 is 71.8 Å². The molecule has 6 aromatic rings. The van der Waals surface area contributed by atoms with Gasteiger partial charge in [-0.15, -0.1) is 22.7 Å². The van der Waals surface area contributed by atoms with Crippen LogP contribution in [0.25, 0.3) is 20.9 Å². The number of likely N-dealkylation sites (tertiary alicyclic amines) is 2. The number of hydrogen-bond donors (Lipinski definition) is 3. The number of nitrogens with zero attached hydrogens (tertiary/aromatic N) is 6. The van der Waals surface area contributed by atoms with Gasteiger partial charge in [-0.3, -0.25) is 28.8 Å². The molecule has 0 radical (unpaired) electrons. The number of rotatable bonds is 16. The highest BCUT2D eigenvalue weighted by molar-refractivity contribution is 7.13. The van der Waals surface area contributed by atoms with Crippen LogP contribution in [-0.2, 0) is 45.4 Å². The molecule has 4 aromatic carbocycles. The van der Waals surface area contributed by atoms with Crippen LogP contribution in [0.15, 0.2) is 89.9 Å². The predicted molar refractivity (Wildman–Crippen MR) is 299 cm³/mol. The maximum absolute atomic E-state index is 15.0. The van der Waals surface area contributed by atoms with Crippen molar-refractivity contribution < 1.29 is 38.6 Å². The van der Waals surface area contributed by atoms with Gasteiger partial charge in [-0.25, -0.2) is 9.97 Å². The van der Waals surface area contributed by atoms with Crippen LogP contribution in [0.4, 0.5) is 0 Å². The maximum Gasteiger partial charge on any atom is 0.255 e. The van der Waals surface area contributed by atoms with Crippen molar-refractivity contribution in [1.82, 2.24) is 40.2 Å². The largest absolute Gasteiger partial charge is 0.488 e. The normalized spacial score (nSPS) is 19.7. The molecule has 10 rings (SSSR count). The number of halogens is 2. The van der Waals surface area contributed by atoms with Crippen LogP contribution in [0, 0.1) is 25.7 Å². The minimum atomic E-state index is -1.01. The zero-order valence-corrected chi connectivity index (χ0v) is 47.1. The summed E-state index contributed by atoms with van der Waals surface area (Å²) < 4.78 is 6.59. The van der Waals surface area contributed by atoms with Crippen LogP contribution < -0.4 is 15.4 Å². The van der Waals surface area contributed by atoms with Crippen molar-refractivity contribution in [2.75, 3.05) is 13.1 Å². The third-order valence-corrected chi connectivity index (χ3v) is 17.7. The zero-order valence-electron chi connectivity index (χ0n) is 44.0. The Labute approximate surface area is 470 Å². The smallest absolute Gasteiger partial charge is 0.255 e. The Morgan fingerprint density at radius 3 is 1.72 bits per heavy atom. The lowest BCUT2D eigenvalue weighted by atomic mass is 10.0. The van der Waals surface area contributed by atoms with Gasteiger partial charge in [0.05, 0.1) is 49.8 Å². The van der Waals surface area contributed by atoms with Crippen molar-refractivity contribution in [1.29, 1.82) is 0 Å². The summed E-state index contributed by atoms with van der Waals surface area (Å²) in [7, 11) is 0. The molecule has 78 heavy (non-hydrogen) atoms. The van der Waals surface area contributed by atoms with Crippen molar-refractivity contribution in [2.24, 2.45) is 11.8 Å². The lowest BCUT2D eigenvalue weighted by molar-refractivity contribution is -0.143. The molecule has 6 amide bonds. The first kappa shape index (κ1) is 54.6. The van der Waals surface area contributed by atoms with Crippen molar-refractivity contribution >= 4 is 81.3 Å². The zero-order chi connectivity index (χ0) is 55.3. The first-order valence-electron chi connectivity index (χ1n) is 26.1. The van der Waals surface area contributed by atoms with Crippen LogP contribution >= 0.6 is 45.9 Å². The van der Waals surface area contributed by atoms with E-state index in [0.717, 1.165) is 49.0 Å². The molecule has 20 heteroatoms. The summed E-state index contributed by atoms with van der Waals surface area (Å²) in [5.41, 5.74) is 11.1. The van der Waals surface area contributed by atoms with E-state index in [9.17, 15) is 29.1 Å². The second-order valence-corrected chi connectivity index (χ2v) is 23.8. The van der Waals surface area contributed by atoms with Gasteiger partial charge in [0.2, 0.25) is 23.6 Å². The number of carbonyl (C=O) groups is 6. The van der Waals surface area contributed by atoms with Gasteiger partial charge in [-0.2, -0.15) is 0 Å². The summed E-state index contributed by atoms with van der Waals surface area (Å²) in [4.78, 5) is 103. The van der Waals surface area contributed by atoms with Crippen LogP contribution in [0.1, 0.15) is 94.9 Å². The Morgan fingerprint density at radius 2 is 1.19 bits per heavy atom. The van der Waals surface area contributed by atoms with Crippen LogP contribution in [0.3, 0.4) is 0 Å². The van der Waals surface area contributed by atoms with Crippen molar-refractivity contribution in [2.45, 2.75) is 117 Å². The van der Waals surface area contributed by atoms with E-state index in [4.69, 9.17) is 27.9 Å². The highest BCUT2D eigenvalue weighted by atomic mass is 35.5. The van der Waals surface area contributed by atoms with E-state index in [-0.39, 0.29) is 80.3 Å². The summed E-state index contributed by atoms with van der Waals surface area (Å²) in [6, 6.07) is 20.1. The topological polar surface area (TPSA) is 195 Å². The fourth-order valence-electron chi connectivity index (χ4n) is 11.3. The van der Waals surface area contributed by atoms with E-state index in [2.05, 4.69) is 20.6 Å². The van der Waals surface area contributed by atoms with Crippen molar-refractivity contribution in [3.63, 3.8) is 0 Å². The van der Waals surface area contributed by atoms with Crippen LogP contribution in [0.2, 0.25) is 10.0 Å². The monoisotopic (exact) mass is 1130 g/mol. The number of thiazole rings is 2. The summed E-state index contributed by atoms with van der Waals surface area (Å²) >= 11 is 16.4. The molecule has 16 nitrogen and oxygen atoms in total. The van der Waals surface area contributed by atoms with E-state index in [1.807, 2.05) is 90.1 Å². The average Bonchev–Trinajstić information content (AvgIpc) is 4.46. The number of carbonyl (C=O) groups excluding carboxylic acids is 6. The molecule has 6 atom stereocenters. The number of nitrogens with one attached hydrogen (secondary N) is 2. The van der Waals surface area contributed by atoms with Gasteiger partial charge < -0.3 is 40.1 Å². The number of β-amino-alcohol motifs (C(OH)–C–C–N with tert-alkyl or cyclic N) is 1. The van der Waals surface area contributed by atoms with Gasteiger partial charge in [0, 0.05) is 67.3 Å². The van der Waals surface area contributed by atoms with E-state index in [0.29, 0.717) is 16.1 Å². The summed E-state index contributed by atoms with van der Waals surface area (Å²) in [6.45, 7) is 11.8. The SMILES string of the molecule is Cc1ncsc1-c1ccc(CNC(=O)[C@@H]2C[C@@H](Oc3cc(Cl)c4c(c3)C(=O)N([C@H](C(=O)N3C[C@H](O)C[C@H]3C(=O)NCc3ccc(-c5scnc5C)cc3)C(C)C)C4)CN2C(=O)[C@H](C(C)C)N2Cc3ccc(Cl)cc3C2=O)cc1. The molecule has 3 N–H and O–H groups in total. The Morgan fingerprint density at radius 1 is 0.679 bits per heavy atom. The summed E-state index contributed by atoms with van der Waals surface area (Å²) in [5.74, 6) is -2.98.